The first-order valence-electron chi connectivity index (χ1n) is 10.1. The SMILES string of the molecule is CN(C)C=CC=C(N=C(B(c1ccccc1)c1ccccc1)c1ccccc1)C(=O)O. The molecule has 0 aromatic heterocycles. The summed E-state index contributed by atoms with van der Waals surface area (Å²) in [5, 5.41) is 9.83. The summed E-state index contributed by atoms with van der Waals surface area (Å²) < 4.78 is 0. The molecule has 0 saturated heterocycles. The molecule has 1 N–H and O–H groups in total. The molecule has 0 saturated carbocycles. The zero-order chi connectivity index (χ0) is 22.1. The molecule has 0 amide bonds. The van der Waals surface area contributed by atoms with E-state index in [1.807, 2.05) is 110 Å². The molecule has 0 aliphatic carbocycles. The van der Waals surface area contributed by atoms with Gasteiger partial charge in [-0.1, -0.05) is 102 Å². The van der Waals surface area contributed by atoms with Crippen LogP contribution in [0.2, 0.25) is 0 Å². The number of rotatable bonds is 8. The second-order valence-corrected chi connectivity index (χ2v) is 7.28. The second kappa shape index (κ2) is 10.8. The smallest absolute Gasteiger partial charge is 0.354 e. The molecule has 0 aliphatic heterocycles. The molecular weight excluding hydrogens is 383 g/mol. The second-order valence-electron chi connectivity index (χ2n) is 7.28. The fourth-order valence-corrected chi connectivity index (χ4v) is 3.30. The molecule has 4 nitrogen and oxygen atoms in total. The highest BCUT2D eigenvalue weighted by atomic mass is 16.4. The van der Waals surface area contributed by atoms with Gasteiger partial charge >= 0.3 is 5.97 Å². The lowest BCUT2D eigenvalue weighted by Crippen LogP contribution is -2.49. The molecule has 5 heteroatoms. The number of carboxylic acid groups (broad SMARTS) is 1. The molecular formula is C26H25BN2O2. The summed E-state index contributed by atoms with van der Waals surface area (Å²) in [5.41, 5.74) is 3.64. The van der Waals surface area contributed by atoms with Crippen LogP contribution in [0, 0.1) is 0 Å². The minimum Gasteiger partial charge on any atom is -0.477 e. The maximum absolute atomic E-state index is 12.0. The Morgan fingerprint density at radius 1 is 0.839 bits per heavy atom. The van der Waals surface area contributed by atoms with Crippen LogP contribution in [0.25, 0.3) is 0 Å². The van der Waals surface area contributed by atoms with Gasteiger partial charge in [0.1, 0.15) is 5.70 Å². The van der Waals surface area contributed by atoms with Crippen molar-refractivity contribution in [3.63, 3.8) is 0 Å². The molecule has 3 aromatic carbocycles. The fraction of sp³-hybridized carbons (Fsp3) is 0.0769. The number of carbonyl (C=O) groups is 1. The van der Waals surface area contributed by atoms with Gasteiger partial charge in [0.05, 0.1) is 0 Å². The maximum atomic E-state index is 12.0. The lowest BCUT2D eigenvalue weighted by Gasteiger charge is -2.18. The van der Waals surface area contributed by atoms with E-state index in [4.69, 9.17) is 4.99 Å². The van der Waals surface area contributed by atoms with Gasteiger partial charge < -0.3 is 10.0 Å². The van der Waals surface area contributed by atoms with Crippen molar-refractivity contribution in [1.29, 1.82) is 0 Å². The molecule has 154 valence electrons. The number of allylic oxidation sites excluding steroid dienone is 2. The van der Waals surface area contributed by atoms with Gasteiger partial charge in [-0.2, -0.15) is 0 Å². The minimum atomic E-state index is -1.07. The van der Waals surface area contributed by atoms with Crippen molar-refractivity contribution in [2.24, 2.45) is 4.99 Å². The Kier molecular flexibility index (Phi) is 7.60. The third-order valence-corrected chi connectivity index (χ3v) is 4.71. The third-order valence-electron chi connectivity index (χ3n) is 4.71. The Morgan fingerprint density at radius 2 is 1.32 bits per heavy atom. The molecule has 31 heavy (non-hydrogen) atoms. The first-order chi connectivity index (χ1) is 15.1. The third kappa shape index (κ3) is 6.06. The van der Waals surface area contributed by atoms with Crippen molar-refractivity contribution in [3.8, 4) is 0 Å². The van der Waals surface area contributed by atoms with Gasteiger partial charge in [0.15, 0.2) is 0 Å². The largest absolute Gasteiger partial charge is 0.477 e. The summed E-state index contributed by atoms with van der Waals surface area (Å²) in [5.74, 6) is -1.07. The molecule has 0 spiro atoms. The number of hydrogen-bond donors (Lipinski definition) is 1. The molecule has 3 aromatic rings. The average molecular weight is 408 g/mol. The lowest BCUT2D eigenvalue weighted by molar-refractivity contribution is -0.132. The predicted molar refractivity (Wildman–Crippen MR) is 129 cm³/mol. The summed E-state index contributed by atoms with van der Waals surface area (Å²) in [6.45, 7) is -0.217. The summed E-state index contributed by atoms with van der Waals surface area (Å²) >= 11 is 0. The highest BCUT2D eigenvalue weighted by molar-refractivity contribution is 7.10. The van der Waals surface area contributed by atoms with Gasteiger partial charge in [-0.25, -0.2) is 4.79 Å². The number of hydrogen-bond acceptors (Lipinski definition) is 3. The minimum absolute atomic E-state index is 0.0196. The normalized spacial score (nSPS) is 12.1. The summed E-state index contributed by atoms with van der Waals surface area (Å²) in [6, 6.07) is 29.8. The van der Waals surface area contributed by atoms with Crippen LogP contribution >= 0.6 is 0 Å². The summed E-state index contributed by atoms with van der Waals surface area (Å²) in [6.07, 6.45) is 5.00. The average Bonchev–Trinajstić information content (AvgIpc) is 2.79. The van der Waals surface area contributed by atoms with E-state index in [0.29, 0.717) is 5.61 Å². The first kappa shape index (κ1) is 21.8. The zero-order valence-corrected chi connectivity index (χ0v) is 17.7. The molecule has 0 heterocycles. The van der Waals surface area contributed by atoms with E-state index >= 15 is 0 Å². The van der Waals surface area contributed by atoms with E-state index in [0.717, 1.165) is 16.5 Å². The van der Waals surface area contributed by atoms with Gasteiger partial charge in [0.2, 0.25) is 0 Å². The Hall–Kier alpha value is -3.86. The first-order valence-corrected chi connectivity index (χ1v) is 10.1. The highest BCUT2D eigenvalue weighted by Crippen LogP contribution is 2.11. The van der Waals surface area contributed by atoms with Crippen molar-refractivity contribution in [2.45, 2.75) is 0 Å². The van der Waals surface area contributed by atoms with Crippen LogP contribution < -0.4 is 10.9 Å². The molecule has 0 radical (unpaired) electrons. The standard InChI is InChI=1S/C26H25BN2O2/c1-29(2)20-12-19-24(26(30)31)28-25(21-13-6-3-7-14-21)27(22-15-8-4-9-16-22)23-17-10-5-11-18-23/h3-20H,1-2H3,(H,30,31). The van der Waals surface area contributed by atoms with E-state index < -0.39 is 5.97 Å². The Labute approximate surface area is 184 Å². The van der Waals surface area contributed by atoms with Crippen molar-refractivity contribution in [2.75, 3.05) is 14.1 Å². The van der Waals surface area contributed by atoms with Crippen molar-refractivity contribution >= 4 is 29.2 Å². The molecule has 0 bridgehead atoms. The van der Waals surface area contributed by atoms with Crippen LogP contribution in [0.3, 0.4) is 0 Å². The molecule has 0 unspecified atom stereocenters. The van der Waals surface area contributed by atoms with E-state index in [-0.39, 0.29) is 12.4 Å². The monoisotopic (exact) mass is 408 g/mol. The molecule has 0 atom stereocenters. The van der Waals surface area contributed by atoms with E-state index in [1.54, 1.807) is 12.3 Å². The highest BCUT2D eigenvalue weighted by Gasteiger charge is 2.27. The van der Waals surface area contributed by atoms with Crippen molar-refractivity contribution in [1.82, 2.24) is 4.90 Å². The van der Waals surface area contributed by atoms with Crippen LogP contribution in [0.1, 0.15) is 5.56 Å². The fourth-order valence-electron chi connectivity index (χ4n) is 3.30. The van der Waals surface area contributed by atoms with Gasteiger partial charge in [-0.05, 0) is 23.9 Å². The van der Waals surface area contributed by atoms with Crippen LogP contribution in [-0.4, -0.2) is 42.4 Å². The van der Waals surface area contributed by atoms with Crippen LogP contribution in [0.5, 0.6) is 0 Å². The molecule has 0 aliphatic rings. The Bertz CT molecular complexity index is 1040. The summed E-state index contributed by atoms with van der Waals surface area (Å²) in [4.78, 5) is 18.6. The quantitative estimate of drug-likeness (QED) is 0.269. The number of carboxylic acids is 1. The predicted octanol–water partition coefficient (Wildman–Crippen LogP) is 3.37. The molecule has 3 rings (SSSR count). The number of aliphatic imine (C=N–C) groups is 1. The van der Waals surface area contributed by atoms with Gasteiger partial charge in [-0.15, -0.1) is 0 Å². The van der Waals surface area contributed by atoms with Gasteiger partial charge in [0.25, 0.3) is 6.71 Å². The van der Waals surface area contributed by atoms with Crippen molar-refractivity contribution in [3.05, 3.63) is 121 Å². The van der Waals surface area contributed by atoms with Gasteiger partial charge in [0, 0.05) is 19.7 Å². The summed E-state index contributed by atoms with van der Waals surface area (Å²) in [7, 11) is 3.76. The molecule has 0 fully saturated rings. The van der Waals surface area contributed by atoms with E-state index in [9.17, 15) is 9.90 Å². The maximum Gasteiger partial charge on any atom is 0.354 e. The van der Waals surface area contributed by atoms with Crippen molar-refractivity contribution < 1.29 is 9.90 Å². The van der Waals surface area contributed by atoms with Crippen LogP contribution in [0.15, 0.2) is 120 Å². The topological polar surface area (TPSA) is 52.9 Å². The number of nitrogens with zero attached hydrogens (tertiary/aromatic N) is 2. The Morgan fingerprint density at radius 3 is 1.77 bits per heavy atom. The van der Waals surface area contributed by atoms with Crippen LogP contribution in [0.4, 0.5) is 0 Å². The Balaban J connectivity index is 2.23. The number of aliphatic carboxylic acids is 1. The van der Waals surface area contributed by atoms with Gasteiger partial charge in [-0.3, -0.25) is 4.99 Å². The zero-order valence-electron chi connectivity index (χ0n) is 17.7. The van der Waals surface area contributed by atoms with E-state index in [2.05, 4.69) is 0 Å². The van der Waals surface area contributed by atoms with Crippen LogP contribution in [-0.2, 0) is 4.79 Å². The van der Waals surface area contributed by atoms with E-state index in [1.165, 1.54) is 6.08 Å². The number of benzene rings is 3. The lowest BCUT2D eigenvalue weighted by atomic mass is 9.36.